The molecule has 15 heavy (non-hydrogen) atoms. The Bertz CT molecular complexity index is 499. The lowest BCUT2D eigenvalue weighted by atomic mass is 10.3. The average Bonchev–Trinajstić information content (AvgIpc) is 2.73. The highest BCUT2D eigenvalue weighted by Gasteiger charge is 2.10. The van der Waals surface area contributed by atoms with E-state index in [2.05, 4.69) is 21.5 Å². The average molecular weight is 217 g/mol. The maximum absolute atomic E-state index is 8.83. The number of nitrogens with one attached hydrogen (secondary N) is 1. The van der Waals surface area contributed by atoms with Crippen molar-refractivity contribution in [2.75, 3.05) is 5.43 Å². The number of hydrogen-bond donors (Lipinski definition) is 2. The van der Waals surface area contributed by atoms with Gasteiger partial charge in [-0.25, -0.2) is 9.97 Å². The lowest BCUT2D eigenvalue weighted by molar-refractivity contribution is 1.19. The highest BCUT2D eigenvalue weighted by Crippen LogP contribution is 2.31. The van der Waals surface area contributed by atoms with Gasteiger partial charge in [-0.05, 0) is 12.1 Å². The molecule has 0 aromatic carbocycles. The highest BCUT2D eigenvalue weighted by molar-refractivity contribution is 7.16. The summed E-state index contributed by atoms with van der Waals surface area (Å²) in [6.07, 6.45) is 3.31. The van der Waals surface area contributed by atoms with Crippen molar-refractivity contribution >= 4 is 17.0 Å². The number of hydrazine groups is 1. The summed E-state index contributed by atoms with van der Waals surface area (Å²) in [6.45, 7) is 0. The third-order valence-corrected chi connectivity index (χ3v) is 2.81. The van der Waals surface area contributed by atoms with E-state index in [4.69, 9.17) is 11.1 Å². The van der Waals surface area contributed by atoms with Crippen molar-refractivity contribution in [2.24, 2.45) is 5.84 Å². The van der Waals surface area contributed by atoms with E-state index < -0.39 is 0 Å². The van der Waals surface area contributed by atoms with Crippen LogP contribution in [0.3, 0.4) is 0 Å². The van der Waals surface area contributed by atoms with E-state index in [0.717, 1.165) is 4.88 Å². The number of rotatable bonds is 2. The Hall–Kier alpha value is -1.97. The smallest absolute Gasteiger partial charge is 0.169 e. The largest absolute Gasteiger partial charge is 0.322 e. The predicted octanol–water partition coefficient (Wildman–Crippen LogP) is 1.36. The minimum atomic E-state index is 0.528. The van der Waals surface area contributed by atoms with Gasteiger partial charge in [0.2, 0.25) is 0 Å². The molecule has 0 fully saturated rings. The lowest BCUT2D eigenvalue weighted by Gasteiger charge is -1.92. The second kappa shape index (κ2) is 4.04. The summed E-state index contributed by atoms with van der Waals surface area (Å²) in [5, 5.41) is 8.83. The predicted molar refractivity (Wildman–Crippen MR) is 57.9 cm³/mol. The van der Waals surface area contributed by atoms with Gasteiger partial charge in [0, 0.05) is 12.4 Å². The van der Waals surface area contributed by atoms with E-state index in [-0.39, 0.29) is 0 Å². The third-order valence-electron chi connectivity index (χ3n) is 1.78. The Kier molecular flexibility index (Phi) is 2.58. The Morgan fingerprint density at radius 1 is 1.40 bits per heavy atom. The maximum atomic E-state index is 8.83. The molecule has 2 aromatic rings. The summed E-state index contributed by atoms with van der Waals surface area (Å²) in [6, 6.07) is 5.56. The first kappa shape index (κ1) is 9.58. The molecular weight excluding hydrogens is 210 g/mol. The van der Waals surface area contributed by atoms with Crippen molar-refractivity contribution in [1.29, 1.82) is 5.26 Å². The van der Waals surface area contributed by atoms with Crippen LogP contribution in [-0.2, 0) is 0 Å². The van der Waals surface area contributed by atoms with Gasteiger partial charge in [0.15, 0.2) is 5.82 Å². The molecule has 0 saturated carbocycles. The summed E-state index contributed by atoms with van der Waals surface area (Å²) in [7, 11) is 0. The van der Waals surface area contributed by atoms with Crippen LogP contribution in [0.1, 0.15) is 4.88 Å². The van der Waals surface area contributed by atoms with Gasteiger partial charge in [-0.3, -0.25) is 5.84 Å². The molecule has 0 spiro atoms. The van der Waals surface area contributed by atoms with Crippen LogP contribution in [0.4, 0.5) is 5.69 Å². The van der Waals surface area contributed by atoms with Crippen LogP contribution in [0.25, 0.3) is 10.7 Å². The molecule has 3 N–H and O–H groups in total. The van der Waals surface area contributed by atoms with Crippen molar-refractivity contribution in [3.05, 3.63) is 29.4 Å². The molecular formula is C9H7N5S. The molecule has 2 rings (SSSR count). The summed E-state index contributed by atoms with van der Waals surface area (Å²) in [5.74, 6) is 5.88. The monoisotopic (exact) mass is 217 g/mol. The summed E-state index contributed by atoms with van der Waals surface area (Å²) >= 11 is 1.31. The third kappa shape index (κ3) is 1.79. The van der Waals surface area contributed by atoms with Gasteiger partial charge in [-0.15, -0.1) is 11.3 Å². The molecule has 0 saturated heterocycles. The molecule has 0 aliphatic heterocycles. The van der Waals surface area contributed by atoms with Gasteiger partial charge in [0.05, 0.1) is 10.6 Å². The SMILES string of the molecule is N#Cc1sc(-c2ncccn2)cc1NN. The van der Waals surface area contributed by atoms with Gasteiger partial charge in [-0.1, -0.05) is 0 Å². The molecule has 0 unspecified atom stereocenters. The maximum Gasteiger partial charge on any atom is 0.169 e. The number of nitriles is 1. The fraction of sp³-hybridized carbons (Fsp3) is 0. The lowest BCUT2D eigenvalue weighted by Crippen LogP contribution is -2.06. The van der Waals surface area contributed by atoms with Gasteiger partial charge in [-0.2, -0.15) is 5.26 Å². The zero-order valence-electron chi connectivity index (χ0n) is 7.64. The van der Waals surface area contributed by atoms with E-state index in [0.29, 0.717) is 16.4 Å². The van der Waals surface area contributed by atoms with E-state index in [1.807, 2.05) is 0 Å². The van der Waals surface area contributed by atoms with Crippen molar-refractivity contribution in [3.63, 3.8) is 0 Å². The number of anilines is 1. The summed E-state index contributed by atoms with van der Waals surface area (Å²) in [5.41, 5.74) is 3.07. The van der Waals surface area contributed by atoms with Crippen LogP contribution in [0.2, 0.25) is 0 Å². The molecule has 2 heterocycles. The second-order valence-electron chi connectivity index (χ2n) is 2.68. The van der Waals surface area contributed by atoms with E-state index in [1.54, 1.807) is 24.5 Å². The van der Waals surface area contributed by atoms with Gasteiger partial charge in [0.1, 0.15) is 10.9 Å². The first-order chi connectivity index (χ1) is 7.35. The van der Waals surface area contributed by atoms with Crippen LogP contribution in [0.5, 0.6) is 0 Å². The molecule has 0 amide bonds. The molecule has 0 bridgehead atoms. The van der Waals surface area contributed by atoms with Gasteiger partial charge in [0.25, 0.3) is 0 Å². The number of aromatic nitrogens is 2. The summed E-state index contributed by atoms with van der Waals surface area (Å²) < 4.78 is 0. The highest BCUT2D eigenvalue weighted by atomic mass is 32.1. The first-order valence-corrected chi connectivity index (χ1v) is 4.94. The molecule has 5 nitrogen and oxygen atoms in total. The fourth-order valence-electron chi connectivity index (χ4n) is 1.12. The number of hydrogen-bond acceptors (Lipinski definition) is 6. The normalized spacial score (nSPS) is 9.60. The van der Waals surface area contributed by atoms with Crippen molar-refractivity contribution in [3.8, 4) is 16.8 Å². The van der Waals surface area contributed by atoms with Crippen molar-refractivity contribution in [1.82, 2.24) is 9.97 Å². The minimum absolute atomic E-state index is 0.528. The Morgan fingerprint density at radius 2 is 2.13 bits per heavy atom. The van der Waals surface area contributed by atoms with E-state index >= 15 is 0 Å². The van der Waals surface area contributed by atoms with E-state index in [9.17, 15) is 0 Å². The van der Waals surface area contributed by atoms with Crippen LogP contribution in [0.15, 0.2) is 24.5 Å². The van der Waals surface area contributed by atoms with Crippen molar-refractivity contribution in [2.45, 2.75) is 0 Å². The van der Waals surface area contributed by atoms with Crippen LogP contribution in [0, 0.1) is 11.3 Å². The van der Waals surface area contributed by atoms with Crippen LogP contribution >= 0.6 is 11.3 Å². The zero-order valence-corrected chi connectivity index (χ0v) is 8.45. The topological polar surface area (TPSA) is 87.6 Å². The number of nitrogens with two attached hydrogens (primary N) is 1. The quantitative estimate of drug-likeness (QED) is 0.585. The molecule has 0 aliphatic carbocycles. The molecule has 2 aromatic heterocycles. The Labute approximate surface area is 90.2 Å². The number of thiophene rings is 1. The minimum Gasteiger partial charge on any atom is -0.322 e. The standard InChI is InChI=1S/C9H7N5S/c10-5-8-6(14-11)4-7(15-8)9-12-2-1-3-13-9/h1-4,14H,11H2. The molecule has 0 aliphatic rings. The Morgan fingerprint density at radius 3 is 2.67 bits per heavy atom. The number of nitrogens with zero attached hydrogens (tertiary/aromatic N) is 3. The number of nitrogen functional groups attached to an aromatic ring is 1. The van der Waals surface area contributed by atoms with Gasteiger partial charge >= 0.3 is 0 Å². The molecule has 74 valence electrons. The molecule has 0 atom stereocenters. The fourth-order valence-corrected chi connectivity index (χ4v) is 1.98. The summed E-state index contributed by atoms with van der Waals surface area (Å²) in [4.78, 5) is 9.53. The van der Waals surface area contributed by atoms with Crippen LogP contribution in [-0.4, -0.2) is 9.97 Å². The molecule has 0 radical (unpaired) electrons. The van der Waals surface area contributed by atoms with E-state index in [1.165, 1.54) is 11.3 Å². The first-order valence-electron chi connectivity index (χ1n) is 4.13. The Balaban J connectivity index is 2.48. The van der Waals surface area contributed by atoms with Crippen molar-refractivity contribution < 1.29 is 0 Å². The molecule has 6 heteroatoms. The van der Waals surface area contributed by atoms with Gasteiger partial charge < -0.3 is 5.43 Å². The van der Waals surface area contributed by atoms with Crippen LogP contribution < -0.4 is 11.3 Å². The second-order valence-corrected chi connectivity index (χ2v) is 3.73. The zero-order chi connectivity index (χ0) is 10.7.